The molecule has 0 N–H and O–H groups in total. The second-order valence-electron chi connectivity index (χ2n) is 12.5. The highest BCUT2D eigenvalue weighted by molar-refractivity contribution is 6.63. The van der Waals surface area contributed by atoms with Crippen LogP contribution in [0.4, 0.5) is 11.5 Å². The van der Waals surface area contributed by atoms with Gasteiger partial charge < -0.3 is 23.8 Å². The van der Waals surface area contributed by atoms with E-state index in [2.05, 4.69) is 21.7 Å². The number of nitriles is 1. The number of ether oxygens (including phenoxy) is 1. The molecule has 1 aromatic heterocycles. The van der Waals surface area contributed by atoms with Gasteiger partial charge in [-0.3, -0.25) is 9.48 Å². The average Bonchev–Trinajstić information content (AvgIpc) is 3.44. The van der Waals surface area contributed by atoms with Crippen molar-refractivity contribution in [2.75, 3.05) is 31.2 Å². The number of benzene rings is 1. The summed E-state index contributed by atoms with van der Waals surface area (Å²) in [6, 6.07) is 6.82. The number of amides is 1. The van der Waals surface area contributed by atoms with Crippen molar-refractivity contribution in [3.63, 3.8) is 0 Å². The van der Waals surface area contributed by atoms with Gasteiger partial charge in [0.25, 0.3) is 0 Å². The van der Waals surface area contributed by atoms with Crippen LogP contribution in [0.15, 0.2) is 12.1 Å². The number of aromatic nitrogens is 2. The molecule has 0 radical (unpaired) electrons. The minimum absolute atomic E-state index is 0.174. The third kappa shape index (κ3) is 4.52. The van der Waals surface area contributed by atoms with Crippen molar-refractivity contribution >= 4 is 30.0 Å². The molecule has 0 aliphatic carbocycles. The monoisotopic (exact) mass is 545 g/mol. The number of anilines is 2. The molecule has 1 aromatic carbocycles. The molecule has 9 nitrogen and oxygen atoms in total. The Morgan fingerprint density at radius 1 is 1.12 bits per heavy atom. The Balaban J connectivity index is 1.42. The molecular formula is C30H40BN5O4. The predicted octanol–water partition coefficient (Wildman–Crippen LogP) is 3.78. The van der Waals surface area contributed by atoms with E-state index in [1.165, 1.54) is 11.3 Å². The predicted molar refractivity (Wildman–Crippen MR) is 153 cm³/mol. The number of aryl methyl sites for hydroxylation is 1. The van der Waals surface area contributed by atoms with Crippen molar-refractivity contribution in [3.8, 4) is 6.07 Å². The maximum Gasteiger partial charge on any atom is 0.496 e. The van der Waals surface area contributed by atoms with E-state index in [-0.39, 0.29) is 5.91 Å². The number of carbonyl (C=O) groups is 1. The molecule has 2 saturated heterocycles. The molecule has 1 amide bonds. The molecule has 0 atom stereocenters. The van der Waals surface area contributed by atoms with Gasteiger partial charge in [-0.1, -0.05) is 13.0 Å². The molecule has 0 spiro atoms. The van der Waals surface area contributed by atoms with E-state index < -0.39 is 18.3 Å². The molecular weight excluding hydrogens is 505 g/mol. The molecule has 0 bridgehead atoms. The van der Waals surface area contributed by atoms with Crippen LogP contribution in [0.2, 0.25) is 0 Å². The Morgan fingerprint density at radius 3 is 2.52 bits per heavy atom. The Hall–Kier alpha value is -2.87. The maximum absolute atomic E-state index is 12.7. The van der Waals surface area contributed by atoms with Crippen LogP contribution in [-0.2, 0) is 38.2 Å². The second-order valence-corrected chi connectivity index (χ2v) is 12.5. The van der Waals surface area contributed by atoms with Gasteiger partial charge in [0.1, 0.15) is 0 Å². The molecule has 5 heterocycles. The highest BCUT2D eigenvalue weighted by Gasteiger charge is 2.52. The first-order chi connectivity index (χ1) is 19.1. The van der Waals surface area contributed by atoms with Crippen LogP contribution in [-0.4, -0.2) is 65.2 Å². The van der Waals surface area contributed by atoms with Crippen molar-refractivity contribution in [2.24, 2.45) is 0 Å². The fourth-order valence-electron chi connectivity index (χ4n) is 6.45. The number of carbonyl (C=O) groups excluding carboxylic acids is 1. The van der Waals surface area contributed by atoms with E-state index in [9.17, 15) is 10.1 Å². The van der Waals surface area contributed by atoms with E-state index in [1.807, 2.05) is 45.6 Å². The number of nitrogens with zero attached hydrogens (tertiary/aromatic N) is 5. The zero-order valence-corrected chi connectivity index (χ0v) is 24.5. The third-order valence-electron chi connectivity index (χ3n) is 9.51. The normalized spacial score (nSPS) is 22.1. The fourth-order valence-corrected chi connectivity index (χ4v) is 6.45. The molecule has 4 aliphatic rings. The molecule has 40 heavy (non-hydrogen) atoms. The summed E-state index contributed by atoms with van der Waals surface area (Å²) >= 11 is 0. The van der Waals surface area contributed by atoms with Gasteiger partial charge >= 0.3 is 7.12 Å². The maximum atomic E-state index is 12.7. The molecule has 212 valence electrons. The van der Waals surface area contributed by atoms with Crippen molar-refractivity contribution in [2.45, 2.75) is 96.9 Å². The number of hydrogen-bond donors (Lipinski definition) is 0. The van der Waals surface area contributed by atoms with Gasteiger partial charge in [0.2, 0.25) is 5.91 Å². The van der Waals surface area contributed by atoms with E-state index >= 15 is 0 Å². The Kier molecular flexibility index (Phi) is 6.96. The van der Waals surface area contributed by atoms with Crippen LogP contribution < -0.4 is 10.4 Å². The Bertz CT molecular complexity index is 1340. The minimum atomic E-state index is -0.588. The van der Waals surface area contributed by atoms with Crippen LogP contribution in [0, 0.1) is 11.3 Å². The quantitative estimate of drug-likeness (QED) is 0.540. The van der Waals surface area contributed by atoms with Gasteiger partial charge in [0.05, 0.1) is 35.4 Å². The Labute approximate surface area is 237 Å². The zero-order chi connectivity index (χ0) is 28.2. The molecule has 4 aliphatic heterocycles. The summed E-state index contributed by atoms with van der Waals surface area (Å²) in [5.41, 5.74) is 4.95. The first-order valence-electron chi connectivity index (χ1n) is 14.8. The standard InChI is InChI=1S/C30H40BN5O4/c1-6-27(37)34-13-9-25-23(19-34)28(33-36(25)22-10-14-38-15-11-22)35-12-7-8-20-16-24(21(18-32)17-26(20)35)31-39-29(2,3)30(4,5)40-31/h16-17,22H,6-15,19H2,1-5H3. The van der Waals surface area contributed by atoms with Crippen molar-refractivity contribution in [1.29, 1.82) is 5.26 Å². The lowest BCUT2D eigenvalue weighted by molar-refractivity contribution is -0.131. The summed E-state index contributed by atoms with van der Waals surface area (Å²) in [5, 5.41) is 15.5. The summed E-state index contributed by atoms with van der Waals surface area (Å²) in [6.07, 6.45) is 5.07. The van der Waals surface area contributed by atoms with E-state index in [4.69, 9.17) is 19.1 Å². The lowest BCUT2D eigenvalue weighted by atomic mass is 9.74. The fraction of sp³-hybridized carbons (Fsp3) is 0.633. The summed E-state index contributed by atoms with van der Waals surface area (Å²) in [7, 11) is -0.588. The summed E-state index contributed by atoms with van der Waals surface area (Å²) in [6.45, 7) is 13.6. The highest BCUT2D eigenvalue weighted by atomic mass is 16.7. The number of hydrogen-bond acceptors (Lipinski definition) is 7. The molecule has 2 fully saturated rings. The second kappa shape index (κ2) is 10.2. The van der Waals surface area contributed by atoms with E-state index in [1.54, 1.807) is 0 Å². The lowest BCUT2D eigenvalue weighted by Gasteiger charge is -2.33. The van der Waals surface area contributed by atoms with Crippen LogP contribution >= 0.6 is 0 Å². The molecule has 6 rings (SSSR count). The Morgan fingerprint density at radius 2 is 1.85 bits per heavy atom. The van der Waals surface area contributed by atoms with Gasteiger partial charge in [-0.15, -0.1) is 0 Å². The number of rotatable bonds is 4. The van der Waals surface area contributed by atoms with Crippen LogP contribution in [0.1, 0.15) is 88.7 Å². The lowest BCUT2D eigenvalue weighted by Crippen LogP contribution is -2.41. The molecule has 0 saturated carbocycles. The largest absolute Gasteiger partial charge is 0.496 e. The highest BCUT2D eigenvalue weighted by Crippen LogP contribution is 2.41. The summed E-state index contributed by atoms with van der Waals surface area (Å²) in [4.78, 5) is 17.0. The van der Waals surface area contributed by atoms with E-state index in [0.29, 0.717) is 24.6 Å². The molecule has 0 unspecified atom stereocenters. The average molecular weight is 545 g/mol. The van der Waals surface area contributed by atoms with Crippen LogP contribution in [0.5, 0.6) is 0 Å². The van der Waals surface area contributed by atoms with Gasteiger partial charge in [-0.25, -0.2) is 0 Å². The van der Waals surface area contributed by atoms with Crippen LogP contribution in [0.3, 0.4) is 0 Å². The van der Waals surface area contributed by atoms with Gasteiger partial charge in [-0.05, 0) is 65.0 Å². The van der Waals surface area contributed by atoms with Crippen molar-refractivity contribution in [1.82, 2.24) is 14.7 Å². The van der Waals surface area contributed by atoms with Gasteiger partial charge in [0, 0.05) is 61.6 Å². The molecule has 10 heteroatoms. The summed E-state index contributed by atoms with van der Waals surface area (Å²) < 4.78 is 20.6. The number of fused-ring (bicyclic) bond motifs is 2. The third-order valence-corrected chi connectivity index (χ3v) is 9.51. The first-order valence-corrected chi connectivity index (χ1v) is 14.8. The summed E-state index contributed by atoms with van der Waals surface area (Å²) in [5.74, 6) is 1.09. The van der Waals surface area contributed by atoms with Crippen molar-refractivity contribution in [3.05, 3.63) is 34.5 Å². The van der Waals surface area contributed by atoms with Gasteiger partial charge in [0.15, 0.2) is 5.82 Å². The minimum Gasteiger partial charge on any atom is -0.399 e. The smallest absolute Gasteiger partial charge is 0.399 e. The topological polar surface area (TPSA) is 92.9 Å². The zero-order valence-electron chi connectivity index (χ0n) is 24.5. The molecule has 2 aromatic rings. The van der Waals surface area contributed by atoms with E-state index in [0.717, 1.165) is 80.9 Å². The first kappa shape index (κ1) is 27.3. The van der Waals surface area contributed by atoms with Crippen LogP contribution in [0.25, 0.3) is 0 Å². The van der Waals surface area contributed by atoms with Gasteiger partial charge in [-0.2, -0.15) is 10.4 Å². The van der Waals surface area contributed by atoms with Crippen molar-refractivity contribution < 1.29 is 18.8 Å². The SMILES string of the molecule is CCC(=O)N1CCc2c(c(N3CCCc4cc(B5OC(C)(C)C(C)(C)O5)c(C#N)cc43)nn2C2CCOCC2)C1.